The summed E-state index contributed by atoms with van der Waals surface area (Å²) in [6, 6.07) is 6.42. The number of hydrogen-bond donors (Lipinski definition) is 1. The van der Waals surface area contributed by atoms with Gasteiger partial charge in [0.1, 0.15) is 11.5 Å². The van der Waals surface area contributed by atoms with Crippen molar-refractivity contribution in [3.8, 4) is 0 Å². The number of rotatable bonds is 7. The maximum atomic E-state index is 12.9. The highest BCUT2D eigenvalue weighted by Crippen LogP contribution is 2.16. The third-order valence-corrected chi connectivity index (χ3v) is 4.89. The maximum Gasteiger partial charge on any atom is 0.273 e. The minimum Gasteiger partial charge on any atom is -0.340 e. The molecule has 0 saturated heterocycles. The highest BCUT2D eigenvalue weighted by Gasteiger charge is 2.17. The van der Waals surface area contributed by atoms with Gasteiger partial charge in [-0.3, -0.25) is 4.79 Å². The predicted molar refractivity (Wildman–Crippen MR) is 110 cm³/mol. The van der Waals surface area contributed by atoms with Crippen LogP contribution in [0, 0.1) is 11.7 Å². The fourth-order valence-electron chi connectivity index (χ4n) is 2.24. The van der Waals surface area contributed by atoms with Crippen LogP contribution < -0.4 is 5.73 Å². The lowest BCUT2D eigenvalue weighted by molar-refractivity contribution is 0.0784. The van der Waals surface area contributed by atoms with E-state index in [9.17, 15) is 9.18 Å². The van der Waals surface area contributed by atoms with Crippen LogP contribution in [0.4, 0.5) is 4.39 Å². The Balaban J connectivity index is 0.00000312. The molecule has 2 rings (SSSR count). The first-order valence-electron chi connectivity index (χ1n) is 8.06. The molecule has 146 valence electrons. The van der Waals surface area contributed by atoms with E-state index in [0.717, 1.165) is 17.0 Å². The summed E-state index contributed by atoms with van der Waals surface area (Å²) in [5.41, 5.74) is 7.46. The molecule has 0 aliphatic heterocycles. The Labute approximate surface area is 170 Å². The second-order valence-electron chi connectivity index (χ2n) is 6.35. The molecule has 2 aromatic rings. The van der Waals surface area contributed by atoms with Crippen LogP contribution in [0.5, 0.6) is 0 Å². The molecular formula is C18H26Cl2FN3OS. The predicted octanol–water partition coefficient (Wildman–Crippen LogP) is 4.16. The molecule has 0 radical (unpaired) electrons. The number of benzene rings is 1. The molecule has 1 amide bonds. The molecule has 0 aliphatic carbocycles. The van der Waals surface area contributed by atoms with Gasteiger partial charge >= 0.3 is 0 Å². The second-order valence-corrected chi connectivity index (χ2v) is 7.30. The lowest BCUT2D eigenvalue weighted by atomic mass is 10.0. The Kier molecular flexibility index (Phi) is 11.0. The Morgan fingerprint density at radius 3 is 2.46 bits per heavy atom. The number of aromatic nitrogens is 1. The molecule has 26 heavy (non-hydrogen) atoms. The minimum absolute atomic E-state index is 0. The Hall–Kier alpha value is -1.21. The molecule has 0 aliphatic rings. The summed E-state index contributed by atoms with van der Waals surface area (Å²) in [5.74, 6) is 0.0534. The van der Waals surface area contributed by atoms with E-state index in [0.29, 0.717) is 24.6 Å². The largest absolute Gasteiger partial charge is 0.340 e. The molecule has 1 aromatic carbocycles. The van der Waals surface area contributed by atoms with Gasteiger partial charge in [0, 0.05) is 31.4 Å². The molecule has 1 atom stereocenters. The van der Waals surface area contributed by atoms with Crippen molar-refractivity contribution in [3.05, 3.63) is 51.7 Å². The smallest absolute Gasteiger partial charge is 0.273 e. The van der Waals surface area contributed by atoms with E-state index < -0.39 is 0 Å². The van der Waals surface area contributed by atoms with E-state index in [4.69, 9.17) is 5.73 Å². The first-order chi connectivity index (χ1) is 11.4. The van der Waals surface area contributed by atoms with E-state index in [1.54, 1.807) is 29.5 Å². The number of nitrogens with zero attached hydrogens (tertiary/aromatic N) is 2. The van der Waals surface area contributed by atoms with Crippen molar-refractivity contribution in [2.45, 2.75) is 32.7 Å². The minimum atomic E-state index is -0.255. The van der Waals surface area contributed by atoms with Gasteiger partial charge in [0.15, 0.2) is 0 Å². The third-order valence-electron chi connectivity index (χ3n) is 4.04. The van der Waals surface area contributed by atoms with Gasteiger partial charge in [-0.05, 0) is 30.0 Å². The lowest BCUT2D eigenvalue weighted by Crippen LogP contribution is -2.34. The normalized spacial score (nSPS) is 11.5. The molecule has 8 heteroatoms. The maximum absolute atomic E-state index is 12.9. The zero-order valence-corrected chi connectivity index (χ0v) is 17.6. The van der Waals surface area contributed by atoms with E-state index in [1.807, 2.05) is 0 Å². The van der Waals surface area contributed by atoms with Gasteiger partial charge in [-0.2, -0.15) is 0 Å². The Morgan fingerprint density at radius 2 is 1.88 bits per heavy atom. The lowest BCUT2D eigenvalue weighted by Gasteiger charge is -2.20. The molecule has 0 spiro atoms. The van der Waals surface area contributed by atoms with Crippen LogP contribution in [0.15, 0.2) is 29.6 Å². The van der Waals surface area contributed by atoms with E-state index in [2.05, 4.69) is 18.8 Å². The zero-order chi connectivity index (χ0) is 17.7. The Bertz CT molecular complexity index is 679. The summed E-state index contributed by atoms with van der Waals surface area (Å²) >= 11 is 1.45. The standard InChI is InChI=1S/C18H24FN3OS.2ClH/c1-12(2)15(20)8-9-22(3)18(23)16-11-24-17(21-16)10-13-4-6-14(19)7-5-13;;/h4-7,11-12,15H,8-10,20H2,1-3H3;2*1H. The molecule has 0 saturated carbocycles. The van der Waals surface area contributed by atoms with Crippen LogP contribution in [0.2, 0.25) is 0 Å². The number of carbonyl (C=O) groups excluding carboxylic acids is 1. The van der Waals surface area contributed by atoms with Crippen molar-refractivity contribution in [1.82, 2.24) is 9.88 Å². The van der Waals surface area contributed by atoms with Gasteiger partial charge < -0.3 is 10.6 Å². The molecule has 1 heterocycles. The van der Waals surface area contributed by atoms with Gasteiger partial charge in [0.05, 0.1) is 5.01 Å². The summed E-state index contributed by atoms with van der Waals surface area (Å²) in [7, 11) is 1.77. The van der Waals surface area contributed by atoms with Crippen LogP contribution in [0.3, 0.4) is 0 Å². The molecule has 1 aromatic heterocycles. The summed E-state index contributed by atoms with van der Waals surface area (Å²) in [5, 5.41) is 2.62. The van der Waals surface area contributed by atoms with Crippen molar-refractivity contribution in [2.24, 2.45) is 11.7 Å². The van der Waals surface area contributed by atoms with Gasteiger partial charge in [-0.15, -0.1) is 36.2 Å². The van der Waals surface area contributed by atoms with Crippen LogP contribution in [-0.2, 0) is 6.42 Å². The molecule has 4 nitrogen and oxygen atoms in total. The monoisotopic (exact) mass is 421 g/mol. The number of nitrogens with two attached hydrogens (primary N) is 1. The Morgan fingerprint density at radius 1 is 1.27 bits per heavy atom. The number of carbonyl (C=O) groups is 1. The fraction of sp³-hybridized carbons (Fsp3) is 0.444. The van der Waals surface area contributed by atoms with E-state index >= 15 is 0 Å². The van der Waals surface area contributed by atoms with Gasteiger partial charge in [0.25, 0.3) is 5.91 Å². The van der Waals surface area contributed by atoms with Crippen molar-refractivity contribution >= 4 is 42.1 Å². The topological polar surface area (TPSA) is 59.2 Å². The van der Waals surface area contributed by atoms with Gasteiger partial charge in [-0.1, -0.05) is 26.0 Å². The van der Waals surface area contributed by atoms with Crippen molar-refractivity contribution < 1.29 is 9.18 Å². The fourth-order valence-corrected chi connectivity index (χ4v) is 3.04. The number of amides is 1. The van der Waals surface area contributed by atoms with Crippen LogP contribution in [-0.4, -0.2) is 35.4 Å². The average molecular weight is 422 g/mol. The quantitative estimate of drug-likeness (QED) is 0.729. The van der Waals surface area contributed by atoms with Crippen LogP contribution >= 0.6 is 36.2 Å². The summed E-state index contributed by atoms with van der Waals surface area (Å²) in [6.07, 6.45) is 1.37. The zero-order valence-electron chi connectivity index (χ0n) is 15.1. The molecular weight excluding hydrogens is 396 g/mol. The highest BCUT2D eigenvalue weighted by atomic mass is 35.5. The molecule has 0 bridgehead atoms. The third kappa shape index (κ3) is 7.19. The molecule has 2 N–H and O–H groups in total. The molecule has 1 unspecified atom stereocenters. The average Bonchev–Trinajstić information content (AvgIpc) is 3.02. The summed E-state index contributed by atoms with van der Waals surface area (Å²) in [4.78, 5) is 18.5. The first-order valence-corrected chi connectivity index (χ1v) is 8.94. The van der Waals surface area contributed by atoms with E-state index in [1.165, 1.54) is 23.5 Å². The van der Waals surface area contributed by atoms with Crippen molar-refractivity contribution in [2.75, 3.05) is 13.6 Å². The van der Waals surface area contributed by atoms with Gasteiger partial charge in [-0.25, -0.2) is 9.37 Å². The van der Waals surface area contributed by atoms with Crippen LogP contribution in [0.1, 0.15) is 41.3 Å². The number of halogens is 3. The van der Waals surface area contributed by atoms with Crippen molar-refractivity contribution in [3.63, 3.8) is 0 Å². The number of thiazole rings is 1. The van der Waals surface area contributed by atoms with Crippen molar-refractivity contribution in [1.29, 1.82) is 0 Å². The first kappa shape index (κ1) is 24.8. The molecule has 0 fully saturated rings. The summed E-state index contributed by atoms with van der Waals surface area (Å²) < 4.78 is 12.9. The second kappa shape index (κ2) is 11.5. The number of hydrogen-bond acceptors (Lipinski definition) is 4. The van der Waals surface area contributed by atoms with E-state index in [-0.39, 0.29) is 42.6 Å². The SMILES string of the molecule is CC(C)C(N)CCN(C)C(=O)c1csc(Cc2ccc(F)cc2)n1.Cl.Cl. The van der Waals surface area contributed by atoms with Gasteiger partial charge in [0.2, 0.25) is 0 Å². The highest BCUT2D eigenvalue weighted by molar-refractivity contribution is 7.09. The summed E-state index contributed by atoms with van der Waals surface area (Å²) in [6.45, 7) is 4.77. The van der Waals surface area contributed by atoms with Crippen LogP contribution in [0.25, 0.3) is 0 Å².